The molecule has 0 spiro atoms. The first-order chi connectivity index (χ1) is 69.7. The van der Waals surface area contributed by atoms with Gasteiger partial charge < -0.3 is 162 Å². The van der Waals surface area contributed by atoms with E-state index in [0.29, 0.717) is 45.1 Å². The van der Waals surface area contributed by atoms with Gasteiger partial charge in [-0.1, -0.05) is 30.3 Å². The lowest BCUT2D eigenvalue weighted by atomic mass is 9.96. The van der Waals surface area contributed by atoms with Gasteiger partial charge in [-0.05, 0) is 44.1 Å². The summed E-state index contributed by atoms with van der Waals surface area (Å²) in [6.07, 6.45) is -13.3. The van der Waals surface area contributed by atoms with Gasteiger partial charge in [-0.15, -0.1) is 0 Å². The van der Waals surface area contributed by atoms with Crippen LogP contribution in [0.5, 0.6) is 0 Å². The Morgan fingerprint density at radius 1 is 0.267 bits per heavy atom. The van der Waals surface area contributed by atoms with E-state index in [9.17, 15) is 91.1 Å². The molecule has 0 aliphatic carbocycles. The Labute approximate surface area is 847 Å². The van der Waals surface area contributed by atoms with Gasteiger partial charge >= 0.3 is 53.7 Å². The minimum atomic E-state index is -1.51. The summed E-state index contributed by atoms with van der Waals surface area (Å²) in [6.45, 7) is 12.5. The highest BCUT2D eigenvalue weighted by Gasteiger charge is 2.55. The van der Waals surface area contributed by atoms with Crippen molar-refractivity contribution in [2.45, 2.75) is 271 Å². The fraction of sp³-hybridized carbons (Fsp3) is 0.734. The number of carbonyl (C=O) groups excluding carboxylic acids is 19. The molecule has 3 aliphatic rings. The summed E-state index contributed by atoms with van der Waals surface area (Å²) in [7, 11) is 0. The van der Waals surface area contributed by atoms with Crippen LogP contribution in [0, 0.1) is 0 Å². The summed E-state index contributed by atoms with van der Waals surface area (Å²) in [4.78, 5) is 237. The highest BCUT2D eigenvalue weighted by atomic mass is 16.7. The number of esters is 9. The van der Waals surface area contributed by atoms with Gasteiger partial charge in [-0.25, -0.2) is 0 Å². The predicted molar refractivity (Wildman–Crippen MR) is 501 cm³/mol. The lowest BCUT2D eigenvalue weighted by Gasteiger charge is -2.44. The molecule has 0 saturated carbocycles. The molecule has 52 nitrogen and oxygen atoms in total. The summed E-state index contributed by atoms with van der Waals surface area (Å²) in [5.41, 5.74) is -0.550. The summed E-state index contributed by atoms with van der Waals surface area (Å²) in [5.74, 6) is -11.1. The molecular formula is C94H148N10O42. The molecule has 0 aromatic heterocycles. The molecule has 146 heavy (non-hydrogen) atoms. The second-order valence-electron chi connectivity index (χ2n) is 33.7. The number of benzene rings is 1. The number of rotatable bonds is 75. The molecule has 0 bridgehead atoms. The molecule has 3 saturated heterocycles. The van der Waals surface area contributed by atoms with E-state index < -0.39 is 195 Å². The van der Waals surface area contributed by atoms with Crippen LogP contribution < -0.4 is 53.2 Å². The van der Waals surface area contributed by atoms with Crippen molar-refractivity contribution in [3.63, 3.8) is 0 Å². The highest BCUT2D eigenvalue weighted by molar-refractivity contribution is 5.80. The van der Waals surface area contributed by atoms with Crippen molar-refractivity contribution in [3.8, 4) is 0 Å². The van der Waals surface area contributed by atoms with Crippen LogP contribution in [0.15, 0.2) is 30.3 Å². The number of unbranched alkanes of at least 4 members (excludes halogenated alkanes) is 3. The normalized spacial score (nSPS) is 20.8. The maximum atomic E-state index is 14.0. The average molecular weight is 2090 g/mol. The van der Waals surface area contributed by atoms with Gasteiger partial charge in [0.2, 0.25) is 59.1 Å². The van der Waals surface area contributed by atoms with E-state index in [1.165, 1.54) is 20.8 Å². The highest BCUT2D eigenvalue weighted by Crippen LogP contribution is 2.32. The molecule has 15 unspecified atom stereocenters. The lowest BCUT2D eigenvalue weighted by Crippen LogP contribution is -2.66. The molecule has 10 amide bonds. The molecule has 10 N–H and O–H groups in total. The molecule has 1 aromatic carbocycles. The SMILES string of the molecule is CC(=O)NC1C(OCCOCCC(=O)NCCCCNC(=O)CCOCC(COCCC(=O)NCCCCNC(=O)CCOCCOC2OC(COC(C)=O)C(OC(C)=O)C(OC(C)=O)C2NC(C)=O)(COCCC(=O)NCCCCNC(=O)CCOCCOC2OC(COC(C)=O)C(OC(C)=O)C(OC(C)=O)C2NC(C)=O)NC(=O)CCOCCOCc2ccccc2)OC(COC(C)=O)C(OC(C)=O)C1OC(C)=O. The van der Waals surface area contributed by atoms with Crippen molar-refractivity contribution in [2.75, 3.05) is 178 Å². The quantitative estimate of drug-likeness (QED) is 0.0191. The van der Waals surface area contributed by atoms with E-state index in [4.69, 9.17) is 109 Å². The van der Waals surface area contributed by atoms with E-state index in [1.807, 2.05) is 30.3 Å². The van der Waals surface area contributed by atoms with E-state index in [-0.39, 0.29) is 239 Å². The van der Waals surface area contributed by atoms with Crippen LogP contribution in [0.25, 0.3) is 0 Å². The smallest absolute Gasteiger partial charge is 0.303 e. The molecule has 52 heteroatoms. The van der Waals surface area contributed by atoms with Crippen molar-refractivity contribution in [3.05, 3.63) is 35.9 Å². The second-order valence-corrected chi connectivity index (χ2v) is 33.7. The molecule has 0 radical (unpaired) electrons. The Bertz CT molecular complexity index is 3840. The van der Waals surface area contributed by atoms with Crippen molar-refractivity contribution >= 4 is 113 Å². The summed E-state index contributed by atoms with van der Waals surface area (Å²) >= 11 is 0. The number of amides is 10. The topological polar surface area (TPSA) is 657 Å². The molecule has 4 rings (SSSR count). The van der Waals surface area contributed by atoms with Crippen LogP contribution in [0.1, 0.15) is 172 Å². The van der Waals surface area contributed by atoms with Crippen LogP contribution in [-0.4, -0.2) is 388 Å². The first kappa shape index (κ1) is 127. The molecule has 15 atom stereocenters. The lowest BCUT2D eigenvalue weighted by molar-refractivity contribution is -0.279. The first-order valence-corrected chi connectivity index (χ1v) is 48.4. The van der Waals surface area contributed by atoms with Crippen LogP contribution in [0.3, 0.4) is 0 Å². The zero-order valence-corrected chi connectivity index (χ0v) is 85.2. The third kappa shape index (κ3) is 57.1. The van der Waals surface area contributed by atoms with Gasteiger partial charge in [-0.3, -0.25) is 91.1 Å². The van der Waals surface area contributed by atoms with Gasteiger partial charge in [0.05, 0.1) is 126 Å². The van der Waals surface area contributed by atoms with E-state index in [1.54, 1.807) is 0 Å². The standard InChI is InChI=1S/C94H148N10O42/c1-59(105)101-82-88(141-68(10)114)85(138-65(7)111)72(53-135-62(4)108)144-91(82)132-49-46-125-37-24-75(117)95-31-16-19-34-98-78(120)27-41-129-56-94(104-81(123)30-40-124-44-45-128-52-71-22-14-13-15-23-71,57-130-42-28-79(121)99-35-20-17-32-96-76(118)25-38-126-47-50-133-92-83(102-60(2)106)89(142-69(11)115)86(139-66(8)112)73(145-92)54-136-63(5)109)58-131-43-29-80(122)100-36-21-18-33-97-77(119)26-39-127-48-51-134-93-84(103-61(3)107)90(143-70(12)116)87(140-67(9)113)74(146-93)55-137-64(6)110/h13-15,22-23,72-74,82-93H,16-21,24-58H2,1-12H3,(H,95,117)(H,96,118)(H,97,119)(H,98,120)(H,99,121)(H,100,122)(H,101,105)(H,102,106)(H,103,107)(H,104,123). The molecule has 3 aliphatic heterocycles. The van der Waals surface area contributed by atoms with Gasteiger partial charge in [0.1, 0.15) is 61.8 Å². The van der Waals surface area contributed by atoms with Crippen LogP contribution in [0.4, 0.5) is 0 Å². The van der Waals surface area contributed by atoms with Gasteiger partial charge in [0.25, 0.3) is 0 Å². The monoisotopic (exact) mass is 2090 g/mol. The van der Waals surface area contributed by atoms with Gasteiger partial charge in [-0.2, -0.15) is 0 Å². The Kier molecular flexibility index (Phi) is 64.0. The zero-order chi connectivity index (χ0) is 108. The van der Waals surface area contributed by atoms with E-state index in [0.717, 1.165) is 67.9 Å². The first-order valence-electron chi connectivity index (χ1n) is 48.4. The minimum Gasteiger partial charge on any atom is -0.463 e. The van der Waals surface area contributed by atoms with Gasteiger partial charge in [0, 0.05) is 167 Å². The fourth-order valence-corrected chi connectivity index (χ4v) is 14.5. The molecule has 1 aromatic rings. The summed E-state index contributed by atoms with van der Waals surface area (Å²) in [6, 6.07) is 5.92. The van der Waals surface area contributed by atoms with Crippen molar-refractivity contribution in [1.82, 2.24) is 53.2 Å². The summed E-state index contributed by atoms with van der Waals surface area (Å²) < 4.78 is 130. The maximum Gasteiger partial charge on any atom is 0.303 e. The van der Waals surface area contributed by atoms with Crippen LogP contribution in [-0.2, 0) is 207 Å². The fourth-order valence-electron chi connectivity index (χ4n) is 14.5. The van der Waals surface area contributed by atoms with Crippen molar-refractivity contribution < 1.29 is 200 Å². The van der Waals surface area contributed by atoms with Crippen LogP contribution >= 0.6 is 0 Å². The number of nitrogens with one attached hydrogen (secondary N) is 10. The van der Waals surface area contributed by atoms with E-state index >= 15 is 0 Å². The Hall–Kier alpha value is -11.4. The molecular weight excluding hydrogens is 1940 g/mol. The Morgan fingerprint density at radius 2 is 0.500 bits per heavy atom. The second kappa shape index (κ2) is 73.6. The van der Waals surface area contributed by atoms with Crippen molar-refractivity contribution in [2.24, 2.45) is 0 Å². The Morgan fingerprint density at radius 3 is 0.747 bits per heavy atom. The number of ether oxygens (including phenoxy) is 23. The molecule has 3 fully saturated rings. The number of carbonyl (C=O) groups is 19. The van der Waals surface area contributed by atoms with Gasteiger partial charge in [0.15, 0.2) is 55.5 Å². The summed E-state index contributed by atoms with van der Waals surface area (Å²) in [5, 5.41) is 27.6. The molecule has 826 valence electrons. The minimum absolute atomic E-state index is 0.0280. The largest absolute Gasteiger partial charge is 0.463 e. The van der Waals surface area contributed by atoms with Crippen molar-refractivity contribution in [1.29, 1.82) is 0 Å². The maximum absolute atomic E-state index is 14.0. The van der Waals surface area contributed by atoms with Crippen LogP contribution in [0.2, 0.25) is 0 Å². The third-order valence-corrected chi connectivity index (χ3v) is 20.8. The number of hydrogen-bond acceptors (Lipinski definition) is 42. The Balaban J connectivity index is 1.32. The predicted octanol–water partition coefficient (Wildman–Crippen LogP) is -2.04. The van der Waals surface area contributed by atoms with E-state index in [2.05, 4.69) is 53.2 Å². The molecule has 3 heterocycles. The third-order valence-electron chi connectivity index (χ3n) is 20.8. The average Bonchev–Trinajstić information content (AvgIpc) is 0.792. The number of hydrogen-bond donors (Lipinski definition) is 10. The zero-order valence-electron chi connectivity index (χ0n) is 85.2.